The highest BCUT2D eigenvalue weighted by Crippen LogP contribution is 2.28. The minimum absolute atomic E-state index is 0.217. The Hall–Kier alpha value is -1.26. The highest BCUT2D eigenvalue weighted by Gasteiger charge is 2.18. The van der Waals surface area contributed by atoms with Crippen molar-refractivity contribution in [2.24, 2.45) is 0 Å². The number of halogens is 2. The molecule has 1 unspecified atom stereocenters. The van der Waals surface area contributed by atoms with Gasteiger partial charge in [-0.2, -0.15) is 0 Å². The maximum absolute atomic E-state index is 13.9. The Morgan fingerprint density at radius 1 is 1.26 bits per heavy atom. The fourth-order valence-corrected chi connectivity index (χ4v) is 2.78. The van der Waals surface area contributed by atoms with E-state index in [4.69, 9.17) is 0 Å². The molecule has 1 nitrogen and oxygen atoms in total. The molecule has 0 saturated heterocycles. The quantitative estimate of drug-likeness (QED) is 0.855. The lowest BCUT2D eigenvalue weighted by Crippen LogP contribution is -2.23. The van der Waals surface area contributed by atoms with Gasteiger partial charge in [-0.3, -0.25) is 0 Å². The van der Waals surface area contributed by atoms with Crippen molar-refractivity contribution in [3.63, 3.8) is 0 Å². The molecule has 0 saturated carbocycles. The van der Waals surface area contributed by atoms with Crippen molar-refractivity contribution in [2.45, 2.75) is 26.3 Å². The molecule has 1 aromatic heterocycles. The highest BCUT2D eigenvalue weighted by molar-refractivity contribution is 7.10. The Labute approximate surface area is 116 Å². The molecule has 2 aromatic rings. The van der Waals surface area contributed by atoms with Gasteiger partial charge in [-0.05, 0) is 43.0 Å². The van der Waals surface area contributed by atoms with Crippen molar-refractivity contribution >= 4 is 11.3 Å². The topological polar surface area (TPSA) is 12.0 Å². The first-order valence-corrected chi connectivity index (χ1v) is 7.23. The molecule has 0 aliphatic carbocycles. The Kier molecular flexibility index (Phi) is 4.66. The van der Waals surface area contributed by atoms with Crippen LogP contribution in [0.3, 0.4) is 0 Å². The van der Waals surface area contributed by atoms with E-state index < -0.39 is 11.6 Å². The number of nitrogens with one attached hydrogen (secondary N) is 1. The van der Waals surface area contributed by atoms with Gasteiger partial charge in [0.15, 0.2) is 0 Å². The molecule has 1 atom stereocenters. The summed E-state index contributed by atoms with van der Waals surface area (Å²) in [6, 6.07) is 5.59. The van der Waals surface area contributed by atoms with Crippen LogP contribution in [0.4, 0.5) is 8.78 Å². The zero-order valence-electron chi connectivity index (χ0n) is 11.0. The van der Waals surface area contributed by atoms with Crippen molar-refractivity contribution in [2.75, 3.05) is 6.54 Å². The fraction of sp³-hybridized carbons (Fsp3) is 0.333. The molecule has 1 heterocycles. The predicted octanol–water partition coefficient (Wildman–Crippen LogP) is 4.42. The Bertz CT molecular complexity index is 551. The van der Waals surface area contributed by atoms with Gasteiger partial charge in [0.05, 0.1) is 6.04 Å². The molecular weight excluding hydrogens is 264 g/mol. The summed E-state index contributed by atoms with van der Waals surface area (Å²) in [5.41, 5.74) is 1.52. The van der Waals surface area contributed by atoms with E-state index in [1.54, 1.807) is 11.3 Å². The third kappa shape index (κ3) is 3.39. The maximum Gasteiger partial charge on any atom is 0.131 e. The van der Waals surface area contributed by atoms with Crippen molar-refractivity contribution in [1.29, 1.82) is 0 Å². The Morgan fingerprint density at radius 2 is 2.05 bits per heavy atom. The van der Waals surface area contributed by atoms with Gasteiger partial charge in [0.1, 0.15) is 11.6 Å². The third-order valence-corrected chi connectivity index (χ3v) is 3.84. The molecule has 0 aliphatic rings. The molecule has 0 aliphatic heterocycles. The molecule has 4 heteroatoms. The predicted molar refractivity (Wildman–Crippen MR) is 75.6 cm³/mol. The largest absolute Gasteiger partial charge is 0.306 e. The maximum atomic E-state index is 13.9. The monoisotopic (exact) mass is 281 g/mol. The second-order valence-corrected chi connectivity index (χ2v) is 5.66. The first-order valence-electron chi connectivity index (χ1n) is 6.35. The van der Waals surface area contributed by atoms with E-state index >= 15 is 0 Å². The lowest BCUT2D eigenvalue weighted by molar-refractivity contribution is 0.533. The van der Waals surface area contributed by atoms with Gasteiger partial charge in [-0.15, -0.1) is 11.3 Å². The van der Waals surface area contributed by atoms with Crippen LogP contribution in [0, 0.1) is 18.6 Å². The van der Waals surface area contributed by atoms with E-state index in [0.717, 1.165) is 24.6 Å². The molecular formula is C15H17F2NS. The first kappa shape index (κ1) is 14.2. The minimum atomic E-state index is -0.544. The van der Waals surface area contributed by atoms with Crippen LogP contribution in [-0.4, -0.2) is 6.54 Å². The molecule has 0 bridgehead atoms. The molecule has 0 fully saturated rings. The van der Waals surface area contributed by atoms with Crippen molar-refractivity contribution < 1.29 is 8.78 Å². The number of benzene rings is 1. The molecule has 0 radical (unpaired) electrons. The minimum Gasteiger partial charge on any atom is -0.306 e. The van der Waals surface area contributed by atoms with Crippen molar-refractivity contribution in [3.8, 4) is 0 Å². The molecule has 0 spiro atoms. The van der Waals surface area contributed by atoms with E-state index in [1.807, 2.05) is 18.4 Å². The number of aryl methyl sites for hydroxylation is 1. The van der Waals surface area contributed by atoms with E-state index in [1.165, 1.54) is 17.0 Å². The molecule has 0 amide bonds. The lowest BCUT2D eigenvalue weighted by atomic mass is 10.00. The normalized spacial score (nSPS) is 12.6. The van der Waals surface area contributed by atoms with E-state index in [-0.39, 0.29) is 6.04 Å². The van der Waals surface area contributed by atoms with E-state index in [2.05, 4.69) is 12.2 Å². The zero-order chi connectivity index (χ0) is 13.8. The average Bonchev–Trinajstić information content (AvgIpc) is 2.78. The summed E-state index contributed by atoms with van der Waals surface area (Å²) in [6.07, 6.45) is 0.961. The van der Waals surface area contributed by atoms with Crippen LogP contribution < -0.4 is 5.32 Å². The second-order valence-electron chi connectivity index (χ2n) is 4.54. The van der Waals surface area contributed by atoms with Crippen LogP contribution in [0.25, 0.3) is 0 Å². The summed E-state index contributed by atoms with van der Waals surface area (Å²) in [7, 11) is 0. The van der Waals surface area contributed by atoms with Gasteiger partial charge in [0.2, 0.25) is 0 Å². The fourth-order valence-electron chi connectivity index (χ4n) is 2.05. The van der Waals surface area contributed by atoms with Gasteiger partial charge in [0.25, 0.3) is 0 Å². The number of hydrogen-bond donors (Lipinski definition) is 1. The van der Waals surface area contributed by atoms with Gasteiger partial charge in [-0.1, -0.05) is 13.0 Å². The summed E-state index contributed by atoms with van der Waals surface area (Å²) in [5, 5.41) is 5.34. The van der Waals surface area contributed by atoms with E-state index in [9.17, 15) is 8.78 Å². The Balaban J connectivity index is 2.36. The zero-order valence-corrected chi connectivity index (χ0v) is 11.9. The first-order chi connectivity index (χ1) is 9.11. The van der Waals surface area contributed by atoms with Crippen LogP contribution >= 0.6 is 11.3 Å². The van der Waals surface area contributed by atoms with Crippen LogP contribution in [0.1, 0.15) is 35.4 Å². The Morgan fingerprint density at radius 3 is 2.63 bits per heavy atom. The summed E-state index contributed by atoms with van der Waals surface area (Å²) in [5.74, 6) is -1.05. The van der Waals surface area contributed by atoms with Crippen LogP contribution in [-0.2, 0) is 0 Å². The standard InChI is InChI=1S/C15H17F2NS/c1-3-6-18-15(11-7-10(2)19-9-11)13-5-4-12(16)8-14(13)17/h4-5,7-9,15,18H,3,6H2,1-2H3. The molecule has 1 aromatic carbocycles. The van der Waals surface area contributed by atoms with Crippen LogP contribution in [0.2, 0.25) is 0 Å². The number of hydrogen-bond acceptors (Lipinski definition) is 2. The van der Waals surface area contributed by atoms with Gasteiger partial charge < -0.3 is 5.32 Å². The number of thiophene rings is 1. The molecule has 19 heavy (non-hydrogen) atoms. The van der Waals surface area contributed by atoms with Gasteiger partial charge in [-0.25, -0.2) is 8.78 Å². The van der Waals surface area contributed by atoms with Gasteiger partial charge in [0, 0.05) is 16.5 Å². The summed E-state index contributed by atoms with van der Waals surface area (Å²) in [4.78, 5) is 1.18. The lowest BCUT2D eigenvalue weighted by Gasteiger charge is -2.18. The van der Waals surface area contributed by atoms with E-state index in [0.29, 0.717) is 5.56 Å². The van der Waals surface area contributed by atoms with Crippen LogP contribution in [0.5, 0.6) is 0 Å². The van der Waals surface area contributed by atoms with Gasteiger partial charge >= 0.3 is 0 Å². The smallest absolute Gasteiger partial charge is 0.131 e. The van der Waals surface area contributed by atoms with Crippen LogP contribution in [0.15, 0.2) is 29.6 Å². The summed E-state index contributed by atoms with van der Waals surface area (Å²) >= 11 is 1.63. The van der Waals surface area contributed by atoms with Crippen molar-refractivity contribution in [1.82, 2.24) is 5.32 Å². The number of rotatable bonds is 5. The highest BCUT2D eigenvalue weighted by atomic mass is 32.1. The second kappa shape index (κ2) is 6.26. The SMILES string of the molecule is CCCNC(c1csc(C)c1)c1ccc(F)cc1F. The molecule has 2 rings (SSSR count). The average molecular weight is 281 g/mol. The molecule has 1 N–H and O–H groups in total. The summed E-state index contributed by atoms with van der Waals surface area (Å²) < 4.78 is 27.0. The third-order valence-electron chi connectivity index (χ3n) is 2.96. The molecule has 102 valence electrons. The van der Waals surface area contributed by atoms with Crippen molar-refractivity contribution in [3.05, 3.63) is 57.3 Å². The summed E-state index contributed by atoms with van der Waals surface area (Å²) in [6.45, 7) is 4.87.